The largest absolute Gasteiger partial charge is 0.383 e. The predicted molar refractivity (Wildman–Crippen MR) is 40.2 cm³/mol. The van der Waals surface area contributed by atoms with E-state index in [0.717, 1.165) is 16.5 Å². The molecule has 0 radical (unpaired) electrons. The SMILES string of the molecule is CC(C)C(C)OC[SiH3]. The summed E-state index contributed by atoms with van der Waals surface area (Å²) in [6.07, 6.45) is 1.42. The number of hydrogen-bond acceptors (Lipinski definition) is 1. The summed E-state index contributed by atoms with van der Waals surface area (Å²) in [5, 5.41) is 0. The van der Waals surface area contributed by atoms with Crippen LogP contribution in [0.15, 0.2) is 0 Å². The molecule has 1 unspecified atom stereocenters. The normalized spacial score (nSPS) is 15.0. The molecule has 0 aromatic heterocycles. The standard InChI is InChI=1S/C6H16OSi/c1-5(2)6(3)7-4-8/h5-6H,4H2,1-3,8H3. The van der Waals surface area contributed by atoms with Crippen LogP contribution in [-0.4, -0.2) is 22.6 Å². The summed E-state index contributed by atoms with van der Waals surface area (Å²) in [6.45, 7) is 6.49. The lowest BCUT2D eigenvalue weighted by molar-refractivity contribution is 0.0662. The molecule has 0 rings (SSSR count). The van der Waals surface area contributed by atoms with Crippen molar-refractivity contribution < 1.29 is 4.74 Å². The maximum Gasteiger partial charge on any atom is 0.0565 e. The third kappa shape index (κ3) is 3.21. The molecule has 0 aromatic rings. The van der Waals surface area contributed by atoms with Crippen LogP contribution >= 0.6 is 0 Å². The quantitative estimate of drug-likeness (QED) is 0.504. The molecule has 0 aromatic carbocycles. The van der Waals surface area contributed by atoms with Gasteiger partial charge < -0.3 is 4.74 Å². The van der Waals surface area contributed by atoms with Crippen molar-refractivity contribution in [3.8, 4) is 0 Å². The van der Waals surface area contributed by atoms with E-state index in [4.69, 9.17) is 4.74 Å². The van der Waals surface area contributed by atoms with Gasteiger partial charge in [-0.25, -0.2) is 0 Å². The van der Waals surface area contributed by atoms with Crippen LogP contribution in [0.1, 0.15) is 20.8 Å². The molecule has 0 bridgehead atoms. The van der Waals surface area contributed by atoms with E-state index < -0.39 is 0 Å². The molecule has 1 atom stereocenters. The fraction of sp³-hybridized carbons (Fsp3) is 1.00. The number of ether oxygens (including phenoxy) is 1. The molecule has 0 aliphatic carbocycles. The fourth-order valence-corrected chi connectivity index (χ4v) is 0.981. The Morgan fingerprint density at radius 2 is 1.88 bits per heavy atom. The minimum absolute atomic E-state index is 0.451. The zero-order chi connectivity index (χ0) is 6.57. The molecule has 8 heavy (non-hydrogen) atoms. The van der Waals surface area contributed by atoms with Crippen LogP contribution in [-0.2, 0) is 4.74 Å². The first-order valence-electron chi connectivity index (χ1n) is 3.30. The van der Waals surface area contributed by atoms with Crippen LogP contribution in [0, 0.1) is 5.92 Å². The van der Waals surface area contributed by atoms with Crippen LogP contribution in [0.2, 0.25) is 0 Å². The van der Waals surface area contributed by atoms with Gasteiger partial charge in [0.15, 0.2) is 0 Å². The summed E-state index contributed by atoms with van der Waals surface area (Å²) in [5.74, 6) is 0.670. The van der Waals surface area contributed by atoms with Crippen molar-refractivity contribution >= 4 is 10.2 Å². The van der Waals surface area contributed by atoms with Gasteiger partial charge in [-0.15, -0.1) is 0 Å². The molecule has 0 aliphatic rings. The molecule has 50 valence electrons. The van der Waals surface area contributed by atoms with E-state index in [0.29, 0.717) is 12.0 Å². The summed E-state index contributed by atoms with van der Waals surface area (Å²) in [4.78, 5) is 0. The van der Waals surface area contributed by atoms with E-state index in [1.54, 1.807) is 0 Å². The Balaban J connectivity index is 3.17. The Labute approximate surface area is 54.8 Å². The highest BCUT2D eigenvalue weighted by Crippen LogP contribution is 2.03. The van der Waals surface area contributed by atoms with Gasteiger partial charge >= 0.3 is 0 Å². The first-order valence-corrected chi connectivity index (χ1v) is 4.71. The Hall–Kier alpha value is 0.177. The van der Waals surface area contributed by atoms with Crippen molar-refractivity contribution in [3.05, 3.63) is 0 Å². The predicted octanol–water partition coefficient (Wildman–Crippen LogP) is 0.370. The molecule has 1 nitrogen and oxygen atoms in total. The smallest absolute Gasteiger partial charge is 0.0565 e. The highest BCUT2D eigenvalue weighted by Gasteiger charge is 2.03. The van der Waals surface area contributed by atoms with Crippen molar-refractivity contribution in [1.29, 1.82) is 0 Å². The lowest BCUT2D eigenvalue weighted by atomic mass is 10.1. The van der Waals surface area contributed by atoms with Crippen LogP contribution < -0.4 is 0 Å². The van der Waals surface area contributed by atoms with Crippen LogP contribution in [0.3, 0.4) is 0 Å². The molecule has 0 saturated carbocycles. The topological polar surface area (TPSA) is 9.23 Å². The molecule has 0 heterocycles. The molecule has 0 aliphatic heterocycles. The fourth-order valence-electron chi connectivity index (χ4n) is 0.455. The molecule has 2 heteroatoms. The van der Waals surface area contributed by atoms with Gasteiger partial charge in [0.2, 0.25) is 0 Å². The van der Waals surface area contributed by atoms with Crippen LogP contribution in [0.4, 0.5) is 0 Å². The van der Waals surface area contributed by atoms with Crippen molar-refractivity contribution in [2.24, 2.45) is 5.92 Å². The van der Waals surface area contributed by atoms with Crippen molar-refractivity contribution in [3.63, 3.8) is 0 Å². The van der Waals surface area contributed by atoms with Crippen molar-refractivity contribution in [2.75, 3.05) is 6.23 Å². The Morgan fingerprint density at radius 3 is 2.00 bits per heavy atom. The van der Waals surface area contributed by atoms with E-state index in [2.05, 4.69) is 20.8 Å². The average Bonchev–Trinajstić information content (AvgIpc) is 1.67. The lowest BCUT2D eigenvalue weighted by Crippen LogP contribution is -2.15. The zero-order valence-electron chi connectivity index (χ0n) is 6.27. The lowest BCUT2D eigenvalue weighted by Gasteiger charge is -2.14. The maximum absolute atomic E-state index is 5.36. The van der Waals surface area contributed by atoms with Crippen molar-refractivity contribution in [2.45, 2.75) is 26.9 Å². The maximum atomic E-state index is 5.36. The molecule has 0 N–H and O–H groups in total. The van der Waals surface area contributed by atoms with Gasteiger partial charge in [0.25, 0.3) is 0 Å². The molecular weight excluding hydrogens is 116 g/mol. The highest BCUT2D eigenvalue weighted by atomic mass is 28.1. The molecular formula is C6H16OSi. The van der Waals surface area contributed by atoms with E-state index >= 15 is 0 Å². The monoisotopic (exact) mass is 132 g/mol. The first-order chi connectivity index (χ1) is 3.68. The zero-order valence-corrected chi connectivity index (χ0v) is 8.27. The van der Waals surface area contributed by atoms with Crippen LogP contribution in [0.25, 0.3) is 0 Å². The van der Waals surface area contributed by atoms with Crippen LogP contribution in [0.5, 0.6) is 0 Å². The summed E-state index contributed by atoms with van der Waals surface area (Å²) in [6, 6.07) is 0. The number of hydrogen-bond donors (Lipinski definition) is 0. The third-order valence-electron chi connectivity index (χ3n) is 1.37. The molecule has 0 amide bonds. The van der Waals surface area contributed by atoms with Gasteiger partial charge in [-0.1, -0.05) is 13.8 Å². The Kier molecular flexibility index (Phi) is 4.19. The summed E-state index contributed by atoms with van der Waals surface area (Å²) < 4.78 is 5.36. The van der Waals surface area contributed by atoms with Crippen molar-refractivity contribution in [1.82, 2.24) is 0 Å². The van der Waals surface area contributed by atoms with Gasteiger partial charge in [0.05, 0.1) is 6.10 Å². The van der Waals surface area contributed by atoms with E-state index in [1.807, 2.05) is 0 Å². The van der Waals surface area contributed by atoms with Gasteiger partial charge in [-0.3, -0.25) is 0 Å². The van der Waals surface area contributed by atoms with Gasteiger partial charge in [-0.2, -0.15) is 0 Å². The molecule has 0 fully saturated rings. The second-order valence-corrected chi connectivity index (χ2v) is 2.98. The number of rotatable bonds is 3. The minimum Gasteiger partial charge on any atom is -0.383 e. The summed E-state index contributed by atoms with van der Waals surface area (Å²) in [7, 11) is 1.16. The van der Waals surface area contributed by atoms with E-state index in [9.17, 15) is 0 Å². The Morgan fingerprint density at radius 1 is 1.38 bits per heavy atom. The highest BCUT2D eigenvalue weighted by molar-refractivity contribution is 6.08. The second kappa shape index (κ2) is 4.10. The van der Waals surface area contributed by atoms with E-state index in [1.165, 1.54) is 0 Å². The second-order valence-electron chi connectivity index (χ2n) is 2.40. The first kappa shape index (κ1) is 8.18. The molecule has 0 saturated heterocycles. The Bertz CT molecular complexity index is 54.5. The molecule has 0 spiro atoms. The van der Waals surface area contributed by atoms with Gasteiger partial charge in [0.1, 0.15) is 0 Å². The van der Waals surface area contributed by atoms with E-state index in [-0.39, 0.29) is 0 Å². The summed E-state index contributed by atoms with van der Waals surface area (Å²) >= 11 is 0. The summed E-state index contributed by atoms with van der Waals surface area (Å²) in [5.41, 5.74) is 0. The average molecular weight is 132 g/mol. The van der Waals surface area contributed by atoms with Gasteiger partial charge in [-0.05, 0) is 12.8 Å². The minimum atomic E-state index is 0.451. The van der Waals surface area contributed by atoms with Gasteiger partial charge in [0, 0.05) is 16.5 Å². The third-order valence-corrected chi connectivity index (χ3v) is 1.70.